The molecule has 2 aromatic carbocycles. The van der Waals surface area contributed by atoms with Crippen LogP contribution in [-0.2, 0) is 17.6 Å². The Labute approximate surface area is 187 Å². The average molecular weight is 427 g/mol. The van der Waals surface area contributed by atoms with Crippen LogP contribution in [0.2, 0.25) is 0 Å². The van der Waals surface area contributed by atoms with Crippen LogP contribution in [0.3, 0.4) is 0 Å². The number of carbonyl (C=O) groups excluding carboxylic acids is 1. The summed E-state index contributed by atoms with van der Waals surface area (Å²) in [5.74, 6) is 0. The Morgan fingerprint density at radius 2 is 1.81 bits per heavy atom. The first-order chi connectivity index (χ1) is 14.6. The van der Waals surface area contributed by atoms with Crippen LogP contribution in [0.5, 0.6) is 0 Å². The van der Waals surface area contributed by atoms with E-state index in [4.69, 9.17) is 4.74 Å². The maximum atomic E-state index is 12.3. The molecule has 0 saturated carbocycles. The van der Waals surface area contributed by atoms with Crippen molar-refractivity contribution in [3.8, 4) is 0 Å². The molecule has 0 heterocycles. The number of nitrogens with one attached hydrogen (secondary N) is 2. The highest BCUT2D eigenvalue weighted by atomic mass is 16.6. The molecule has 5 nitrogen and oxygen atoms in total. The first-order valence-corrected chi connectivity index (χ1v) is 11.1. The van der Waals surface area contributed by atoms with Crippen LogP contribution < -0.4 is 10.6 Å². The largest absolute Gasteiger partial charge is 0.444 e. The molecule has 0 bridgehead atoms. The first kappa shape index (κ1) is 24.9. The van der Waals surface area contributed by atoms with Crippen molar-refractivity contribution in [1.29, 1.82) is 0 Å². The fourth-order valence-corrected chi connectivity index (χ4v) is 3.53. The van der Waals surface area contributed by atoms with Crippen molar-refractivity contribution >= 4 is 6.09 Å². The molecule has 5 heteroatoms. The SMILES string of the molecule is Cc1ccc(CCCNC[C@@H](O)[C@H](Cc2ccccc2)NC(=O)OC(C)(C)C)c(C)c1. The number of hydrogen-bond donors (Lipinski definition) is 3. The Balaban J connectivity index is 1.85. The van der Waals surface area contributed by atoms with Crippen LogP contribution in [0.1, 0.15) is 49.4 Å². The normalized spacial score (nSPS) is 13.5. The Hall–Kier alpha value is -2.37. The summed E-state index contributed by atoms with van der Waals surface area (Å²) in [6.45, 7) is 10.9. The van der Waals surface area contributed by atoms with E-state index in [1.165, 1.54) is 16.7 Å². The second-order valence-corrected chi connectivity index (χ2v) is 9.25. The van der Waals surface area contributed by atoms with Crippen molar-refractivity contribution in [3.05, 3.63) is 70.8 Å². The standard InChI is InChI=1S/C26H38N2O3/c1-19-13-14-22(20(2)16-19)12-9-15-27-18-24(29)23(17-21-10-7-6-8-11-21)28-25(30)31-26(3,4)5/h6-8,10-11,13-14,16,23-24,27,29H,9,12,15,17-18H2,1-5H3,(H,28,30)/t23-,24+/m0/s1. The fraction of sp³-hybridized carbons (Fsp3) is 0.500. The van der Waals surface area contributed by atoms with E-state index >= 15 is 0 Å². The lowest BCUT2D eigenvalue weighted by atomic mass is 10.0. The van der Waals surface area contributed by atoms with Crippen molar-refractivity contribution in [3.63, 3.8) is 0 Å². The van der Waals surface area contributed by atoms with Crippen molar-refractivity contribution in [2.75, 3.05) is 13.1 Å². The van der Waals surface area contributed by atoms with Gasteiger partial charge in [0, 0.05) is 6.54 Å². The predicted octanol–water partition coefficient (Wildman–Crippen LogP) is 4.32. The van der Waals surface area contributed by atoms with Gasteiger partial charge in [0.05, 0.1) is 12.1 Å². The number of alkyl carbamates (subject to hydrolysis) is 1. The van der Waals surface area contributed by atoms with E-state index in [0.717, 1.165) is 24.9 Å². The van der Waals surface area contributed by atoms with E-state index < -0.39 is 23.8 Å². The van der Waals surface area contributed by atoms with Gasteiger partial charge in [-0.05, 0) is 77.1 Å². The van der Waals surface area contributed by atoms with Crippen LogP contribution >= 0.6 is 0 Å². The molecule has 0 aliphatic carbocycles. The summed E-state index contributed by atoms with van der Waals surface area (Å²) in [5, 5.41) is 17.0. The van der Waals surface area contributed by atoms with Gasteiger partial charge >= 0.3 is 6.09 Å². The number of aliphatic hydroxyl groups is 1. The highest BCUT2D eigenvalue weighted by Crippen LogP contribution is 2.13. The summed E-state index contributed by atoms with van der Waals surface area (Å²) in [7, 11) is 0. The molecule has 2 aromatic rings. The zero-order chi connectivity index (χ0) is 22.9. The second kappa shape index (κ2) is 11.9. The number of rotatable bonds is 10. The lowest BCUT2D eigenvalue weighted by Crippen LogP contribution is -2.50. The Morgan fingerprint density at radius 1 is 1.10 bits per heavy atom. The number of benzene rings is 2. The van der Waals surface area contributed by atoms with E-state index in [1.807, 2.05) is 51.1 Å². The molecule has 3 N–H and O–H groups in total. The quantitative estimate of drug-likeness (QED) is 0.495. The molecular formula is C26H38N2O3. The number of amides is 1. The maximum absolute atomic E-state index is 12.3. The minimum absolute atomic E-state index is 0.403. The molecule has 2 atom stereocenters. The third-order valence-electron chi connectivity index (χ3n) is 5.12. The Morgan fingerprint density at radius 3 is 2.45 bits per heavy atom. The van der Waals surface area contributed by atoms with Crippen molar-refractivity contribution < 1.29 is 14.6 Å². The van der Waals surface area contributed by atoms with Gasteiger partial charge in [-0.2, -0.15) is 0 Å². The third kappa shape index (κ3) is 9.53. The van der Waals surface area contributed by atoms with Crippen LogP contribution in [0.25, 0.3) is 0 Å². The van der Waals surface area contributed by atoms with Crippen LogP contribution in [0.15, 0.2) is 48.5 Å². The minimum Gasteiger partial charge on any atom is -0.444 e. The van der Waals surface area contributed by atoms with Gasteiger partial charge in [0.15, 0.2) is 0 Å². The minimum atomic E-state index is -0.728. The molecule has 0 aliphatic rings. The molecule has 170 valence electrons. The lowest BCUT2D eigenvalue weighted by Gasteiger charge is -2.27. The van der Waals surface area contributed by atoms with E-state index in [0.29, 0.717) is 13.0 Å². The number of aryl methyl sites for hydroxylation is 3. The second-order valence-electron chi connectivity index (χ2n) is 9.25. The van der Waals surface area contributed by atoms with Gasteiger partial charge < -0.3 is 20.5 Å². The smallest absolute Gasteiger partial charge is 0.407 e. The molecule has 1 amide bonds. The number of ether oxygens (including phenoxy) is 1. The van der Waals surface area contributed by atoms with E-state index in [2.05, 4.69) is 42.7 Å². The Kier molecular flexibility index (Phi) is 9.53. The topological polar surface area (TPSA) is 70.6 Å². The lowest BCUT2D eigenvalue weighted by molar-refractivity contribution is 0.0422. The van der Waals surface area contributed by atoms with Gasteiger partial charge in [0.25, 0.3) is 0 Å². The first-order valence-electron chi connectivity index (χ1n) is 11.1. The molecule has 2 rings (SSSR count). The summed E-state index contributed by atoms with van der Waals surface area (Å²) >= 11 is 0. The van der Waals surface area contributed by atoms with Gasteiger partial charge in [-0.25, -0.2) is 4.79 Å². The maximum Gasteiger partial charge on any atom is 0.407 e. The molecule has 0 saturated heterocycles. The fourth-order valence-electron chi connectivity index (χ4n) is 3.53. The highest BCUT2D eigenvalue weighted by Gasteiger charge is 2.24. The van der Waals surface area contributed by atoms with Crippen molar-refractivity contribution in [2.45, 2.75) is 71.6 Å². The highest BCUT2D eigenvalue weighted by molar-refractivity contribution is 5.68. The summed E-state index contributed by atoms with van der Waals surface area (Å²) in [5.41, 5.74) is 4.44. The van der Waals surface area contributed by atoms with Crippen molar-refractivity contribution in [1.82, 2.24) is 10.6 Å². The molecular weight excluding hydrogens is 388 g/mol. The monoisotopic (exact) mass is 426 g/mol. The molecule has 0 aromatic heterocycles. The summed E-state index contributed by atoms with van der Waals surface area (Å²) in [4.78, 5) is 12.3. The molecule has 0 radical (unpaired) electrons. The molecule has 31 heavy (non-hydrogen) atoms. The third-order valence-corrected chi connectivity index (χ3v) is 5.12. The van der Waals surface area contributed by atoms with Gasteiger partial charge in [0.1, 0.15) is 5.60 Å². The molecule has 0 aliphatic heterocycles. The van der Waals surface area contributed by atoms with Crippen molar-refractivity contribution in [2.24, 2.45) is 0 Å². The van der Waals surface area contributed by atoms with Gasteiger partial charge in [-0.1, -0.05) is 54.1 Å². The molecule has 0 spiro atoms. The number of hydrogen-bond acceptors (Lipinski definition) is 4. The van der Waals surface area contributed by atoms with Gasteiger partial charge in [-0.15, -0.1) is 0 Å². The zero-order valence-electron chi connectivity index (χ0n) is 19.6. The molecule has 0 fully saturated rings. The number of carbonyl (C=O) groups is 1. The molecule has 0 unspecified atom stereocenters. The van der Waals surface area contributed by atoms with Crippen LogP contribution in [0.4, 0.5) is 4.79 Å². The Bertz CT molecular complexity index is 815. The predicted molar refractivity (Wildman–Crippen MR) is 126 cm³/mol. The summed E-state index contributed by atoms with van der Waals surface area (Å²) < 4.78 is 5.39. The van der Waals surface area contributed by atoms with Gasteiger partial charge in [-0.3, -0.25) is 0 Å². The average Bonchev–Trinajstić information content (AvgIpc) is 2.68. The van der Waals surface area contributed by atoms with Crippen LogP contribution in [0, 0.1) is 13.8 Å². The number of aliphatic hydroxyl groups excluding tert-OH is 1. The van der Waals surface area contributed by atoms with Crippen LogP contribution in [-0.4, -0.2) is 42.0 Å². The summed E-state index contributed by atoms with van der Waals surface area (Å²) in [6.07, 6.45) is 1.28. The zero-order valence-corrected chi connectivity index (χ0v) is 19.6. The van der Waals surface area contributed by atoms with Gasteiger partial charge in [0.2, 0.25) is 0 Å². The summed E-state index contributed by atoms with van der Waals surface area (Å²) in [6, 6.07) is 16.0. The van der Waals surface area contributed by atoms with E-state index in [1.54, 1.807) is 0 Å². The van der Waals surface area contributed by atoms with E-state index in [-0.39, 0.29) is 0 Å². The van der Waals surface area contributed by atoms with E-state index in [9.17, 15) is 9.90 Å².